The van der Waals surface area contributed by atoms with Gasteiger partial charge in [-0.15, -0.1) is 0 Å². The predicted molar refractivity (Wildman–Crippen MR) is 57.8 cm³/mol. The first kappa shape index (κ1) is 9.59. The number of halogens is 1. The molecule has 0 saturated heterocycles. The van der Waals surface area contributed by atoms with E-state index in [4.69, 9.17) is 0 Å². The summed E-state index contributed by atoms with van der Waals surface area (Å²) in [4.78, 5) is 2.24. The topological polar surface area (TPSA) is 3.24 Å². The van der Waals surface area contributed by atoms with Crippen LogP contribution in [-0.2, 0) is 0 Å². The molecular weight excluding hydrogens is 214 g/mol. The summed E-state index contributed by atoms with van der Waals surface area (Å²) in [5.41, 5.74) is 2.62. The van der Waals surface area contributed by atoms with Crippen molar-refractivity contribution in [2.45, 2.75) is 13.8 Å². The molecule has 0 aliphatic carbocycles. The molecule has 0 aliphatic rings. The van der Waals surface area contributed by atoms with E-state index >= 15 is 0 Å². The zero-order valence-electron chi connectivity index (χ0n) is 7.76. The largest absolute Gasteiger partial charge is 0.375 e. The molecule has 1 nitrogen and oxygen atoms in total. The van der Waals surface area contributed by atoms with E-state index in [9.17, 15) is 0 Å². The molecule has 2 heteroatoms. The van der Waals surface area contributed by atoms with Gasteiger partial charge in [-0.3, -0.25) is 0 Å². The molecule has 0 unspecified atom stereocenters. The number of benzene rings is 1. The Balaban J connectivity index is 3.01. The standard InChI is InChI=1S/C10H14BrN/c1-4-12(3)10-6-5-9(11)7-8(10)2/h5-7H,4H2,1-3H3. The Hall–Kier alpha value is -0.500. The third-order valence-corrected chi connectivity index (χ3v) is 2.54. The Labute approximate surface area is 82.5 Å². The number of anilines is 1. The van der Waals surface area contributed by atoms with E-state index in [1.54, 1.807) is 0 Å². The summed E-state index contributed by atoms with van der Waals surface area (Å²) in [6.45, 7) is 5.33. The van der Waals surface area contributed by atoms with Gasteiger partial charge in [0.1, 0.15) is 0 Å². The number of hydrogen-bond acceptors (Lipinski definition) is 1. The SMILES string of the molecule is CCN(C)c1ccc(Br)cc1C. The number of nitrogens with zero attached hydrogens (tertiary/aromatic N) is 1. The smallest absolute Gasteiger partial charge is 0.0394 e. The Morgan fingerprint density at radius 1 is 1.42 bits per heavy atom. The van der Waals surface area contributed by atoms with E-state index in [0.29, 0.717) is 0 Å². The minimum atomic E-state index is 1.04. The molecule has 1 aromatic carbocycles. The second-order valence-corrected chi connectivity index (χ2v) is 3.86. The van der Waals surface area contributed by atoms with Crippen molar-refractivity contribution in [2.75, 3.05) is 18.5 Å². The van der Waals surface area contributed by atoms with Crippen LogP contribution in [0, 0.1) is 6.92 Å². The van der Waals surface area contributed by atoms with Gasteiger partial charge in [-0.05, 0) is 37.6 Å². The molecule has 0 amide bonds. The van der Waals surface area contributed by atoms with Crippen molar-refractivity contribution < 1.29 is 0 Å². The zero-order chi connectivity index (χ0) is 9.14. The molecule has 1 rings (SSSR count). The maximum Gasteiger partial charge on any atom is 0.0394 e. The van der Waals surface area contributed by atoms with Crippen molar-refractivity contribution in [3.63, 3.8) is 0 Å². The lowest BCUT2D eigenvalue weighted by atomic mass is 10.2. The van der Waals surface area contributed by atoms with Crippen molar-refractivity contribution in [1.29, 1.82) is 0 Å². The summed E-state index contributed by atoms with van der Waals surface area (Å²) in [7, 11) is 2.11. The molecule has 0 spiro atoms. The van der Waals surface area contributed by atoms with Gasteiger partial charge in [0.05, 0.1) is 0 Å². The van der Waals surface area contributed by atoms with Gasteiger partial charge in [0.15, 0.2) is 0 Å². The highest BCUT2D eigenvalue weighted by Crippen LogP contribution is 2.22. The predicted octanol–water partition coefficient (Wildman–Crippen LogP) is 3.21. The summed E-state index contributed by atoms with van der Waals surface area (Å²) < 4.78 is 1.15. The van der Waals surface area contributed by atoms with E-state index in [1.807, 2.05) is 0 Å². The normalized spacial score (nSPS) is 10.0. The Bertz CT molecular complexity index is 271. The lowest BCUT2D eigenvalue weighted by Gasteiger charge is -2.19. The highest BCUT2D eigenvalue weighted by atomic mass is 79.9. The fourth-order valence-electron chi connectivity index (χ4n) is 1.22. The van der Waals surface area contributed by atoms with Crippen LogP contribution in [0.15, 0.2) is 22.7 Å². The van der Waals surface area contributed by atoms with E-state index in [-0.39, 0.29) is 0 Å². The highest BCUT2D eigenvalue weighted by Gasteiger charge is 2.01. The molecule has 0 bridgehead atoms. The summed E-state index contributed by atoms with van der Waals surface area (Å²) in [5.74, 6) is 0. The summed E-state index contributed by atoms with van der Waals surface area (Å²) in [5, 5.41) is 0. The maximum atomic E-state index is 3.45. The first-order valence-corrected chi connectivity index (χ1v) is 4.91. The molecule has 12 heavy (non-hydrogen) atoms. The molecule has 0 aliphatic heterocycles. The van der Waals surface area contributed by atoms with Crippen LogP contribution in [0.25, 0.3) is 0 Å². The van der Waals surface area contributed by atoms with Gasteiger partial charge >= 0.3 is 0 Å². The summed E-state index contributed by atoms with van der Waals surface area (Å²) in [6, 6.07) is 6.36. The number of rotatable bonds is 2. The van der Waals surface area contributed by atoms with Gasteiger partial charge < -0.3 is 4.90 Å². The Morgan fingerprint density at radius 3 is 2.58 bits per heavy atom. The van der Waals surface area contributed by atoms with Crippen LogP contribution in [0.4, 0.5) is 5.69 Å². The van der Waals surface area contributed by atoms with E-state index in [0.717, 1.165) is 11.0 Å². The van der Waals surface area contributed by atoms with Crippen LogP contribution in [-0.4, -0.2) is 13.6 Å². The molecule has 0 atom stereocenters. The molecular formula is C10H14BrN. The first-order valence-electron chi connectivity index (χ1n) is 4.12. The van der Waals surface area contributed by atoms with Crippen molar-refractivity contribution in [2.24, 2.45) is 0 Å². The van der Waals surface area contributed by atoms with Gasteiger partial charge in [-0.2, -0.15) is 0 Å². The fourth-order valence-corrected chi connectivity index (χ4v) is 1.69. The van der Waals surface area contributed by atoms with Crippen molar-refractivity contribution in [3.05, 3.63) is 28.2 Å². The molecule has 0 radical (unpaired) electrons. The van der Waals surface area contributed by atoms with E-state index < -0.39 is 0 Å². The fraction of sp³-hybridized carbons (Fsp3) is 0.400. The van der Waals surface area contributed by atoms with Crippen molar-refractivity contribution in [1.82, 2.24) is 0 Å². The molecule has 66 valence electrons. The second-order valence-electron chi connectivity index (χ2n) is 2.94. The zero-order valence-corrected chi connectivity index (χ0v) is 9.35. The molecule has 0 fully saturated rings. The van der Waals surface area contributed by atoms with Gasteiger partial charge in [0.25, 0.3) is 0 Å². The second kappa shape index (κ2) is 3.94. The average Bonchev–Trinajstić information content (AvgIpc) is 2.03. The quantitative estimate of drug-likeness (QED) is 0.751. The van der Waals surface area contributed by atoms with Gasteiger partial charge in [-0.1, -0.05) is 15.9 Å². The van der Waals surface area contributed by atoms with Crippen LogP contribution >= 0.6 is 15.9 Å². The lowest BCUT2D eigenvalue weighted by Crippen LogP contribution is -2.16. The third-order valence-electron chi connectivity index (χ3n) is 2.04. The highest BCUT2D eigenvalue weighted by molar-refractivity contribution is 9.10. The summed E-state index contributed by atoms with van der Waals surface area (Å²) in [6.07, 6.45) is 0. The number of hydrogen-bond donors (Lipinski definition) is 0. The monoisotopic (exact) mass is 227 g/mol. The molecule has 0 aromatic heterocycles. The Morgan fingerprint density at radius 2 is 2.08 bits per heavy atom. The molecule has 0 heterocycles. The van der Waals surface area contributed by atoms with Crippen LogP contribution in [0.5, 0.6) is 0 Å². The van der Waals surface area contributed by atoms with Gasteiger partial charge in [0.2, 0.25) is 0 Å². The summed E-state index contributed by atoms with van der Waals surface area (Å²) >= 11 is 3.45. The lowest BCUT2D eigenvalue weighted by molar-refractivity contribution is 0.961. The van der Waals surface area contributed by atoms with Gasteiger partial charge in [-0.25, -0.2) is 0 Å². The molecule has 0 saturated carbocycles. The minimum absolute atomic E-state index is 1.04. The first-order chi connectivity index (χ1) is 5.65. The van der Waals surface area contributed by atoms with Crippen LogP contribution in [0.2, 0.25) is 0 Å². The maximum absolute atomic E-state index is 3.45. The average molecular weight is 228 g/mol. The van der Waals surface area contributed by atoms with Crippen LogP contribution in [0.1, 0.15) is 12.5 Å². The van der Waals surface area contributed by atoms with Crippen molar-refractivity contribution >= 4 is 21.6 Å². The van der Waals surface area contributed by atoms with Crippen LogP contribution < -0.4 is 4.90 Å². The minimum Gasteiger partial charge on any atom is -0.375 e. The third kappa shape index (κ3) is 2.01. The molecule has 1 aromatic rings. The van der Waals surface area contributed by atoms with Crippen molar-refractivity contribution in [3.8, 4) is 0 Å². The van der Waals surface area contributed by atoms with Gasteiger partial charge in [0, 0.05) is 23.8 Å². The molecule has 0 N–H and O–H groups in total. The van der Waals surface area contributed by atoms with E-state index in [2.05, 4.69) is 59.9 Å². The Kier molecular flexibility index (Phi) is 3.15. The number of aryl methyl sites for hydroxylation is 1. The van der Waals surface area contributed by atoms with E-state index in [1.165, 1.54) is 11.3 Å². The van der Waals surface area contributed by atoms with Crippen LogP contribution in [0.3, 0.4) is 0 Å².